The fourth-order valence-electron chi connectivity index (χ4n) is 4.35. The quantitative estimate of drug-likeness (QED) is 0.352. The lowest BCUT2D eigenvalue weighted by Gasteiger charge is -2.34. The molecule has 1 aliphatic rings. The highest BCUT2D eigenvalue weighted by atomic mass is 32.2. The molecule has 0 atom stereocenters. The molecule has 11 heteroatoms. The Morgan fingerprint density at radius 3 is 2.32 bits per heavy atom. The highest BCUT2D eigenvalue weighted by molar-refractivity contribution is 7.92. The third-order valence-corrected chi connectivity index (χ3v) is 9.24. The van der Waals surface area contributed by atoms with Gasteiger partial charge in [0.2, 0.25) is 0 Å². The average Bonchev–Trinajstić information content (AvgIpc) is 3.34. The molecule has 192 valence electrons. The van der Waals surface area contributed by atoms with Crippen LogP contribution >= 0.6 is 11.3 Å². The highest BCUT2D eigenvalue weighted by Crippen LogP contribution is 2.32. The maximum atomic E-state index is 14.0. The molecule has 0 unspecified atom stereocenters. The van der Waals surface area contributed by atoms with E-state index in [2.05, 4.69) is 4.98 Å². The van der Waals surface area contributed by atoms with Gasteiger partial charge in [0.15, 0.2) is 10.9 Å². The van der Waals surface area contributed by atoms with Crippen molar-refractivity contribution in [1.82, 2.24) is 9.88 Å². The Morgan fingerprint density at radius 1 is 1.00 bits per heavy atom. The lowest BCUT2D eigenvalue weighted by Crippen LogP contribution is -2.48. The molecule has 0 radical (unpaired) electrons. The van der Waals surface area contributed by atoms with E-state index in [-0.39, 0.29) is 22.9 Å². The van der Waals surface area contributed by atoms with Gasteiger partial charge in [-0.3, -0.25) is 9.10 Å². The number of piperazine rings is 1. The van der Waals surface area contributed by atoms with Crippen LogP contribution in [0.1, 0.15) is 17.3 Å². The van der Waals surface area contributed by atoms with Gasteiger partial charge in [-0.15, -0.1) is 0 Å². The SMILES string of the molecule is CCN(c1ccccc1)S(=O)(=O)c1ccc(C(=O)N2CCN(c3nc4c(F)cc(F)cc4s3)CC2)cc1. The molecule has 2 heterocycles. The minimum atomic E-state index is -3.78. The molecule has 0 saturated carbocycles. The lowest BCUT2D eigenvalue weighted by molar-refractivity contribution is 0.0746. The molecular weight excluding hydrogens is 518 g/mol. The van der Waals surface area contributed by atoms with E-state index in [0.717, 1.165) is 6.07 Å². The Balaban J connectivity index is 1.26. The number of hydrogen-bond donors (Lipinski definition) is 0. The maximum Gasteiger partial charge on any atom is 0.264 e. The van der Waals surface area contributed by atoms with Gasteiger partial charge >= 0.3 is 0 Å². The minimum Gasteiger partial charge on any atom is -0.345 e. The largest absolute Gasteiger partial charge is 0.345 e. The summed E-state index contributed by atoms with van der Waals surface area (Å²) in [7, 11) is -3.78. The first kappa shape index (κ1) is 25.1. The van der Waals surface area contributed by atoms with E-state index in [9.17, 15) is 22.0 Å². The third kappa shape index (κ3) is 4.88. The first-order chi connectivity index (χ1) is 17.8. The molecule has 1 amide bonds. The Kier molecular flexibility index (Phi) is 6.82. The number of nitrogens with zero attached hydrogens (tertiary/aromatic N) is 4. The van der Waals surface area contributed by atoms with Crippen molar-refractivity contribution in [2.45, 2.75) is 11.8 Å². The number of sulfonamides is 1. The number of hydrogen-bond acceptors (Lipinski definition) is 6. The Labute approximate surface area is 217 Å². The van der Waals surface area contributed by atoms with Gasteiger partial charge in [0.1, 0.15) is 11.3 Å². The van der Waals surface area contributed by atoms with Gasteiger partial charge in [0.05, 0.1) is 15.3 Å². The molecule has 0 N–H and O–H groups in total. The zero-order valence-electron chi connectivity index (χ0n) is 20.0. The number of aromatic nitrogens is 1. The number of fused-ring (bicyclic) bond motifs is 1. The zero-order chi connectivity index (χ0) is 26.2. The number of thiazole rings is 1. The van der Waals surface area contributed by atoms with Crippen LogP contribution in [0.2, 0.25) is 0 Å². The molecule has 7 nitrogen and oxygen atoms in total. The van der Waals surface area contributed by atoms with Gasteiger partial charge in [0.25, 0.3) is 15.9 Å². The Bertz CT molecular complexity index is 1540. The smallest absolute Gasteiger partial charge is 0.264 e. The average molecular weight is 543 g/mol. The van der Waals surface area contributed by atoms with Gasteiger partial charge in [-0.05, 0) is 49.4 Å². The molecule has 4 aromatic rings. The van der Waals surface area contributed by atoms with E-state index in [4.69, 9.17) is 0 Å². The standard InChI is InChI=1S/C26H24F2N4O3S2/c1-2-32(20-6-4-3-5-7-20)37(34,35)21-10-8-18(9-11-21)25(33)30-12-14-31(15-13-30)26-29-24-22(28)16-19(27)17-23(24)36-26/h3-11,16-17H,2,12-15H2,1H3. The second-order valence-corrected chi connectivity index (χ2v) is 11.4. The predicted octanol–water partition coefficient (Wildman–Crippen LogP) is 4.75. The monoisotopic (exact) mass is 542 g/mol. The summed E-state index contributed by atoms with van der Waals surface area (Å²) in [5.41, 5.74) is 1.11. The molecule has 37 heavy (non-hydrogen) atoms. The highest BCUT2D eigenvalue weighted by Gasteiger charge is 2.27. The fraction of sp³-hybridized carbons (Fsp3) is 0.231. The second-order valence-electron chi connectivity index (χ2n) is 8.54. The van der Waals surface area contributed by atoms with Gasteiger partial charge in [-0.2, -0.15) is 0 Å². The van der Waals surface area contributed by atoms with Crippen molar-refractivity contribution in [3.05, 3.63) is 83.9 Å². The predicted molar refractivity (Wildman–Crippen MR) is 141 cm³/mol. The molecule has 5 rings (SSSR count). The number of halogens is 2. The number of amides is 1. The molecule has 1 aromatic heterocycles. The van der Waals surface area contributed by atoms with Crippen LogP contribution in [0.4, 0.5) is 19.6 Å². The summed E-state index contributed by atoms with van der Waals surface area (Å²) in [6.45, 7) is 3.86. The maximum absolute atomic E-state index is 14.0. The molecule has 0 aliphatic carbocycles. The van der Waals surface area contributed by atoms with Crippen LogP contribution in [0.3, 0.4) is 0 Å². The van der Waals surface area contributed by atoms with Crippen LogP contribution in [0.5, 0.6) is 0 Å². The van der Waals surface area contributed by atoms with Crippen molar-refractivity contribution in [3.8, 4) is 0 Å². The summed E-state index contributed by atoms with van der Waals surface area (Å²) in [4.78, 5) is 21.2. The van der Waals surface area contributed by atoms with E-state index < -0.39 is 21.7 Å². The van der Waals surface area contributed by atoms with E-state index in [0.29, 0.717) is 47.3 Å². The van der Waals surface area contributed by atoms with Crippen LogP contribution in [0.15, 0.2) is 71.6 Å². The fourth-order valence-corrected chi connectivity index (χ4v) is 6.88. The number of carbonyl (C=O) groups excluding carboxylic acids is 1. The normalized spacial score (nSPS) is 14.2. The van der Waals surface area contributed by atoms with Gasteiger partial charge in [-0.25, -0.2) is 22.2 Å². The van der Waals surface area contributed by atoms with E-state index >= 15 is 0 Å². The molecule has 1 fully saturated rings. The van der Waals surface area contributed by atoms with Crippen molar-refractivity contribution >= 4 is 48.3 Å². The van der Waals surface area contributed by atoms with Gasteiger partial charge in [-0.1, -0.05) is 29.5 Å². The zero-order valence-corrected chi connectivity index (χ0v) is 21.6. The number of benzene rings is 3. The van der Waals surface area contributed by atoms with Crippen LogP contribution in [0, 0.1) is 11.6 Å². The van der Waals surface area contributed by atoms with Crippen molar-refractivity contribution in [1.29, 1.82) is 0 Å². The van der Waals surface area contributed by atoms with E-state index in [1.807, 2.05) is 11.0 Å². The number of rotatable bonds is 6. The van der Waals surface area contributed by atoms with E-state index in [1.165, 1.54) is 46.0 Å². The topological polar surface area (TPSA) is 73.8 Å². The van der Waals surface area contributed by atoms with Crippen LogP contribution < -0.4 is 9.21 Å². The van der Waals surface area contributed by atoms with Crippen LogP contribution in [0.25, 0.3) is 10.2 Å². The van der Waals surface area contributed by atoms with Crippen LogP contribution in [-0.4, -0.2) is 56.9 Å². The summed E-state index contributed by atoms with van der Waals surface area (Å²) in [6, 6.07) is 16.9. The number of carbonyl (C=O) groups is 1. The van der Waals surface area contributed by atoms with Gasteiger partial charge < -0.3 is 9.80 Å². The van der Waals surface area contributed by atoms with Crippen LogP contribution in [-0.2, 0) is 10.0 Å². The Hall–Kier alpha value is -3.57. The summed E-state index contributed by atoms with van der Waals surface area (Å²) in [5.74, 6) is -1.53. The second kappa shape index (κ2) is 10.1. The molecule has 1 aliphatic heterocycles. The molecule has 3 aromatic carbocycles. The third-order valence-electron chi connectivity index (χ3n) is 6.26. The summed E-state index contributed by atoms with van der Waals surface area (Å²) < 4.78 is 55.7. The molecule has 0 bridgehead atoms. The molecule has 1 saturated heterocycles. The minimum absolute atomic E-state index is 0.110. The molecule has 0 spiro atoms. The summed E-state index contributed by atoms with van der Waals surface area (Å²) in [5, 5.41) is 0.583. The van der Waals surface area contributed by atoms with Crippen molar-refractivity contribution in [3.63, 3.8) is 0 Å². The summed E-state index contributed by atoms with van der Waals surface area (Å²) in [6.07, 6.45) is 0. The first-order valence-electron chi connectivity index (χ1n) is 11.8. The van der Waals surface area contributed by atoms with E-state index in [1.54, 1.807) is 36.1 Å². The van der Waals surface area contributed by atoms with Gasteiger partial charge in [0, 0.05) is 44.4 Å². The number of para-hydroxylation sites is 1. The summed E-state index contributed by atoms with van der Waals surface area (Å²) >= 11 is 1.21. The Morgan fingerprint density at radius 2 is 1.68 bits per heavy atom. The molecular formula is C26H24F2N4O3S2. The first-order valence-corrected chi connectivity index (χ1v) is 14.0. The number of anilines is 2. The van der Waals surface area contributed by atoms with Crippen molar-refractivity contribution in [2.24, 2.45) is 0 Å². The van der Waals surface area contributed by atoms with Crippen molar-refractivity contribution in [2.75, 3.05) is 41.9 Å². The lowest BCUT2D eigenvalue weighted by atomic mass is 10.2. The van der Waals surface area contributed by atoms with Crippen molar-refractivity contribution < 1.29 is 22.0 Å².